The molecule has 120 valence electrons. The van der Waals surface area contributed by atoms with Gasteiger partial charge in [-0.2, -0.15) is 0 Å². The fraction of sp³-hybridized carbons (Fsp3) is 0.562. The molecule has 0 saturated carbocycles. The summed E-state index contributed by atoms with van der Waals surface area (Å²) in [6.07, 6.45) is 2.02. The van der Waals surface area contributed by atoms with Crippen molar-refractivity contribution in [3.8, 4) is 5.75 Å². The molecule has 1 aromatic carbocycles. The molecule has 5 heteroatoms. The maximum atomic E-state index is 5.15. The van der Waals surface area contributed by atoms with Crippen LogP contribution in [-0.2, 0) is 6.42 Å². The van der Waals surface area contributed by atoms with Crippen molar-refractivity contribution in [3.63, 3.8) is 0 Å². The Balaban J connectivity index is 0.00000400. The number of guanidine groups is 1. The van der Waals surface area contributed by atoms with Gasteiger partial charge in [-0.05, 0) is 44.4 Å². The average molecular weight is 405 g/mol. The third-order valence-electron chi connectivity index (χ3n) is 3.17. The van der Waals surface area contributed by atoms with E-state index in [1.165, 1.54) is 5.56 Å². The van der Waals surface area contributed by atoms with Gasteiger partial charge in [0.2, 0.25) is 0 Å². The molecule has 0 aromatic heterocycles. The number of benzene rings is 1. The zero-order valence-corrected chi connectivity index (χ0v) is 15.8. The standard InChI is InChI=1S/C16H27N3O.HI/c1-5-13(3)19-16(17-6-2)18-12-11-14-7-9-15(20-4)10-8-14;/h7-10,13H,5-6,11-12H2,1-4H3,(H2,17,18,19);1H. The van der Waals surface area contributed by atoms with Gasteiger partial charge in [0.1, 0.15) is 5.75 Å². The van der Waals surface area contributed by atoms with Crippen molar-refractivity contribution < 1.29 is 4.74 Å². The molecule has 4 nitrogen and oxygen atoms in total. The van der Waals surface area contributed by atoms with Gasteiger partial charge in [0.25, 0.3) is 0 Å². The summed E-state index contributed by atoms with van der Waals surface area (Å²) in [5.74, 6) is 1.79. The predicted molar refractivity (Wildman–Crippen MR) is 101 cm³/mol. The van der Waals surface area contributed by atoms with Crippen molar-refractivity contribution in [1.82, 2.24) is 10.6 Å². The highest BCUT2D eigenvalue weighted by atomic mass is 127. The lowest BCUT2D eigenvalue weighted by Crippen LogP contribution is -2.42. The van der Waals surface area contributed by atoms with Gasteiger partial charge in [0, 0.05) is 19.1 Å². The highest BCUT2D eigenvalue weighted by molar-refractivity contribution is 14.0. The van der Waals surface area contributed by atoms with E-state index in [1.807, 2.05) is 12.1 Å². The van der Waals surface area contributed by atoms with Crippen LogP contribution in [0.1, 0.15) is 32.8 Å². The van der Waals surface area contributed by atoms with Crippen LogP contribution in [0.2, 0.25) is 0 Å². The minimum Gasteiger partial charge on any atom is -0.497 e. The number of halogens is 1. The Morgan fingerprint density at radius 3 is 2.43 bits per heavy atom. The van der Waals surface area contributed by atoms with Gasteiger partial charge in [-0.25, -0.2) is 0 Å². The van der Waals surface area contributed by atoms with E-state index < -0.39 is 0 Å². The molecular formula is C16H28IN3O. The lowest BCUT2D eigenvalue weighted by Gasteiger charge is -2.16. The van der Waals surface area contributed by atoms with E-state index >= 15 is 0 Å². The Morgan fingerprint density at radius 2 is 1.90 bits per heavy atom. The van der Waals surface area contributed by atoms with Gasteiger partial charge in [0.15, 0.2) is 5.96 Å². The first kappa shape index (κ1) is 20.0. The third kappa shape index (κ3) is 8.14. The van der Waals surface area contributed by atoms with E-state index in [2.05, 4.69) is 48.5 Å². The summed E-state index contributed by atoms with van der Waals surface area (Å²) in [7, 11) is 1.68. The molecule has 1 rings (SSSR count). The predicted octanol–water partition coefficient (Wildman–Crippen LogP) is 3.21. The molecule has 0 radical (unpaired) electrons. The van der Waals surface area contributed by atoms with Gasteiger partial charge in [0.05, 0.1) is 7.11 Å². The summed E-state index contributed by atoms with van der Waals surface area (Å²) >= 11 is 0. The van der Waals surface area contributed by atoms with E-state index in [4.69, 9.17) is 4.74 Å². The fourth-order valence-corrected chi connectivity index (χ4v) is 1.74. The molecule has 0 fully saturated rings. The van der Waals surface area contributed by atoms with Crippen molar-refractivity contribution in [2.24, 2.45) is 4.99 Å². The molecule has 0 heterocycles. The normalized spacial score (nSPS) is 12.3. The summed E-state index contributed by atoms with van der Waals surface area (Å²) < 4.78 is 5.15. The van der Waals surface area contributed by atoms with Crippen molar-refractivity contribution in [2.75, 3.05) is 20.2 Å². The number of aliphatic imine (C=N–C) groups is 1. The number of nitrogens with one attached hydrogen (secondary N) is 2. The maximum Gasteiger partial charge on any atom is 0.191 e. The minimum absolute atomic E-state index is 0. The Kier molecular flexibility index (Phi) is 11.1. The number of nitrogens with zero attached hydrogens (tertiary/aromatic N) is 1. The molecule has 0 saturated heterocycles. The van der Waals surface area contributed by atoms with Crippen LogP contribution >= 0.6 is 24.0 Å². The molecule has 1 unspecified atom stereocenters. The van der Waals surface area contributed by atoms with E-state index in [0.29, 0.717) is 6.04 Å². The molecule has 21 heavy (non-hydrogen) atoms. The molecule has 0 aliphatic rings. The van der Waals surface area contributed by atoms with Gasteiger partial charge < -0.3 is 15.4 Å². The SMILES string of the molecule is CCNC(=NCCc1ccc(OC)cc1)NC(C)CC.I. The van der Waals surface area contributed by atoms with Crippen LogP contribution in [0, 0.1) is 0 Å². The van der Waals surface area contributed by atoms with Gasteiger partial charge >= 0.3 is 0 Å². The zero-order valence-electron chi connectivity index (χ0n) is 13.5. The second kappa shape index (κ2) is 11.7. The first-order valence-electron chi connectivity index (χ1n) is 7.37. The van der Waals surface area contributed by atoms with E-state index in [0.717, 1.165) is 37.6 Å². The van der Waals surface area contributed by atoms with Gasteiger partial charge in [-0.15, -0.1) is 24.0 Å². The van der Waals surface area contributed by atoms with Crippen LogP contribution in [0.4, 0.5) is 0 Å². The first-order chi connectivity index (χ1) is 9.69. The zero-order chi connectivity index (χ0) is 14.8. The molecule has 0 bridgehead atoms. The lowest BCUT2D eigenvalue weighted by atomic mass is 10.1. The molecule has 0 aliphatic carbocycles. The Labute approximate surface area is 145 Å². The largest absolute Gasteiger partial charge is 0.497 e. The van der Waals surface area contributed by atoms with Gasteiger partial charge in [-0.3, -0.25) is 4.99 Å². The molecular weight excluding hydrogens is 377 g/mol. The van der Waals surface area contributed by atoms with Crippen LogP contribution in [0.3, 0.4) is 0 Å². The maximum absolute atomic E-state index is 5.15. The van der Waals surface area contributed by atoms with E-state index in [1.54, 1.807) is 7.11 Å². The molecule has 2 N–H and O–H groups in total. The van der Waals surface area contributed by atoms with Crippen LogP contribution in [0.5, 0.6) is 5.75 Å². The van der Waals surface area contributed by atoms with E-state index in [9.17, 15) is 0 Å². The lowest BCUT2D eigenvalue weighted by molar-refractivity contribution is 0.414. The molecule has 0 spiro atoms. The Morgan fingerprint density at radius 1 is 1.24 bits per heavy atom. The Bertz CT molecular complexity index is 406. The highest BCUT2D eigenvalue weighted by Gasteiger charge is 2.02. The number of methoxy groups -OCH3 is 1. The minimum atomic E-state index is 0. The van der Waals surface area contributed by atoms with Crippen LogP contribution in [-0.4, -0.2) is 32.2 Å². The smallest absolute Gasteiger partial charge is 0.191 e. The topological polar surface area (TPSA) is 45.7 Å². The average Bonchev–Trinajstić information content (AvgIpc) is 2.48. The highest BCUT2D eigenvalue weighted by Crippen LogP contribution is 2.11. The molecule has 0 amide bonds. The number of hydrogen-bond acceptors (Lipinski definition) is 2. The second-order valence-electron chi connectivity index (χ2n) is 4.81. The van der Waals surface area contributed by atoms with Gasteiger partial charge in [-0.1, -0.05) is 19.1 Å². The summed E-state index contributed by atoms with van der Waals surface area (Å²) in [6.45, 7) is 8.06. The second-order valence-corrected chi connectivity index (χ2v) is 4.81. The van der Waals surface area contributed by atoms with Crippen molar-refractivity contribution in [2.45, 2.75) is 39.7 Å². The van der Waals surface area contributed by atoms with Crippen LogP contribution in [0.25, 0.3) is 0 Å². The van der Waals surface area contributed by atoms with Crippen LogP contribution in [0.15, 0.2) is 29.3 Å². The Hall–Kier alpha value is -0.980. The molecule has 0 aliphatic heterocycles. The van der Waals surface area contributed by atoms with Crippen molar-refractivity contribution in [1.29, 1.82) is 0 Å². The van der Waals surface area contributed by atoms with Crippen molar-refractivity contribution in [3.05, 3.63) is 29.8 Å². The van der Waals surface area contributed by atoms with Crippen molar-refractivity contribution >= 4 is 29.9 Å². The number of rotatable bonds is 7. The van der Waals surface area contributed by atoms with Crippen LogP contribution < -0.4 is 15.4 Å². The quantitative estimate of drug-likeness (QED) is 0.416. The monoisotopic (exact) mass is 405 g/mol. The third-order valence-corrected chi connectivity index (χ3v) is 3.17. The summed E-state index contributed by atoms with van der Waals surface area (Å²) in [6, 6.07) is 8.59. The molecule has 1 atom stereocenters. The first-order valence-corrected chi connectivity index (χ1v) is 7.37. The number of hydrogen-bond donors (Lipinski definition) is 2. The van der Waals surface area contributed by atoms with E-state index in [-0.39, 0.29) is 24.0 Å². The molecule has 1 aromatic rings. The fourth-order valence-electron chi connectivity index (χ4n) is 1.74. The summed E-state index contributed by atoms with van der Waals surface area (Å²) in [5, 5.41) is 6.66. The summed E-state index contributed by atoms with van der Waals surface area (Å²) in [4.78, 5) is 4.60. The summed E-state index contributed by atoms with van der Waals surface area (Å²) in [5.41, 5.74) is 1.27. The number of ether oxygens (including phenoxy) is 1.